The third-order valence-electron chi connectivity index (χ3n) is 12.6. The number of esters is 1. The number of amides is 7. The number of benzene rings is 1. The number of unbranched alkanes of at least 4 members (excludes halogenated alkanes) is 2. The van der Waals surface area contributed by atoms with Crippen LogP contribution < -0.4 is 43.8 Å². The summed E-state index contributed by atoms with van der Waals surface area (Å²) in [5.41, 5.74) is 17.3. The lowest BCUT2D eigenvalue weighted by atomic mass is 9.91. The monoisotopic (exact) mass is 1000 g/mol. The third-order valence-corrected chi connectivity index (χ3v) is 12.6. The number of fused-ring (bicyclic) bond motifs is 2. The fraction of sp³-hybridized carbons (Fsp3) is 0.638. The van der Waals surface area contributed by atoms with Crippen molar-refractivity contribution in [3.63, 3.8) is 0 Å². The standard InChI is InChI=1S/C47H73N11O13/c1-8-10-11-18-34(60)52-31(22-36(62)63)41(65)56-38-26(6)71-46(70)37(24(3)4)55-42(66)32(23-33(59)27-15-12-13-16-28(27)48)57(7)45(69)39(25(5)9-2)58-35(61)20-19-30(44(58)68)54-40(64)29(53-43(38)67)17-14-21-51-47(49)50/h12-13,15-16,24-26,29-32,35,37-39,61H,8-11,14,17-23,48H2,1-7H3,(H,52,60)(H,53,67)(H,54,64)(H,55,66)(H,56,65)(H,62,63)(H4,49,50,51)/t25?,26-,29+,30+,31-,32+,35-,37+,38+,39+/m1/s1. The van der Waals surface area contributed by atoms with E-state index in [2.05, 4.69) is 31.6 Å². The molecule has 2 heterocycles. The number of carboxylic acids is 1. The van der Waals surface area contributed by atoms with Gasteiger partial charge in [-0.15, -0.1) is 0 Å². The van der Waals surface area contributed by atoms with Crippen molar-refractivity contribution in [2.45, 2.75) is 167 Å². The number of ketones is 1. The number of aliphatic carboxylic acids is 1. The Bertz CT molecular complexity index is 2130. The van der Waals surface area contributed by atoms with Gasteiger partial charge >= 0.3 is 11.9 Å². The van der Waals surface area contributed by atoms with Gasteiger partial charge in [-0.3, -0.25) is 48.1 Å². The molecule has 1 unspecified atom stereocenters. The minimum absolute atomic E-state index is 0.0207. The molecular weight excluding hydrogens is 927 g/mol. The number of hydrogen-bond donors (Lipinski definition) is 10. The number of rotatable bonds is 19. The number of carbonyl (C=O) groups excluding carboxylic acids is 9. The molecule has 1 aromatic rings. The molecule has 2 bridgehead atoms. The second-order valence-corrected chi connectivity index (χ2v) is 18.4. The lowest BCUT2D eigenvalue weighted by molar-refractivity contribution is -0.168. The molecule has 7 amide bonds. The Kier molecular flexibility index (Phi) is 22.7. The summed E-state index contributed by atoms with van der Waals surface area (Å²) in [6.45, 7) is 9.57. The van der Waals surface area contributed by atoms with Gasteiger partial charge in [0.15, 0.2) is 11.7 Å². The van der Waals surface area contributed by atoms with Crippen LogP contribution in [0.1, 0.15) is 123 Å². The molecule has 0 aliphatic carbocycles. The fourth-order valence-electron chi connectivity index (χ4n) is 8.24. The van der Waals surface area contributed by atoms with Gasteiger partial charge in [0.2, 0.25) is 41.4 Å². The summed E-state index contributed by atoms with van der Waals surface area (Å²) in [4.78, 5) is 146. The Balaban J connectivity index is 2.26. The van der Waals surface area contributed by atoms with Crippen molar-refractivity contribution in [2.75, 3.05) is 19.3 Å². The molecule has 1 aromatic carbocycles. The number of likely N-dealkylation sites (N-methyl/N-ethyl adjacent to an activating group) is 1. The first kappa shape index (κ1) is 58.5. The van der Waals surface area contributed by atoms with Gasteiger partial charge in [0.1, 0.15) is 54.6 Å². The second kappa shape index (κ2) is 27.5. The highest BCUT2D eigenvalue weighted by Gasteiger charge is 2.47. The number of anilines is 1. The maximum atomic E-state index is 14.9. The van der Waals surface area contributed by atoms with E-state index in [4.69, 9.17) is 21.9 Å². The van der Waals surface area contributed by atoms with Crippen LogP contribution in [0.15, 0.2) is 29.3 Å². The number of nitrogen functional groups attached to an aromatic ring is 1. The Morgan fingerprint density at radius 1 is 0.915 bits per heavy atom. The van der Waals surface area contributed by atoms with Gasteiger partial charge in [0.05, 0.1) is 6.42 Å². The van der Waals surface area contributed by atoms with Crippen LogP contribution in [0.3, 0.4) is 0 Å². The number of aliphatic hydroxyl groups is 1. The number of guanidine groups is 1. The largest absolute Gasteiger partial charge is 0.481 e. The topological polar surface area (TPSA) is 377 Å². The van der Waals surface area contributed by atoms with Crippen molar-refractivity contribution in [1.82, 2.24) is 36.4 Å². The number of nitrogens with one attached hydrogen (secondary N) is 5. The quantitative estimate of drug-likeness (QED) is 0.0202. The lowest BCUT2D eigenvalue weighted by Gasteiger charge is -2.44. The van der Waals surface area contributed by atoms with Crippen molar-refractivity contribution >= 4 is 70.7 Å². The van der Waals surface area contributed by atoms with E-state index in [9.17, 15) is 58.2 Å². The van der Waals surface area contributed by atoms with Crippen LogP contribution in [0.2, 0.25) is 0 Å². The number of aliphatic hydroxyl groups excluding tert-OH is 1. The zero-order chi connectivity index (χ0) is 53.3. The van der Waals surface area contributed by atoms with Crippen LogP contribution in [0.25, 0.3) is 0 Å². The number of ether oxygens (including phenoxy) is 1. The third kappa shape index (κ3) is 16.6. The summed E-state index contributed by atoms with van der Waals surface area (Å²) < 4.78 is 5.79. The molecule has 24 heteroatoms. The summed E-state index contributed by atoms with van der Waals surface area (Å²) in [6, 6.07) is -5.17. The number of piperidine rings is 1. The van der Waals surface area contributed by atoms with E-state index in [-0.39, 0.29) is 62.3 Å². The van der Waals surface area contributed by atoms with Crippen LogP contribution in [0.4, 0.5) is 5.69 Å². The number of hydrogen-bond acceptors (Lipinski definition) is 14. The molecule has 3 rings (SSSR count). The number of aliphatic imine (C=N–C) groups is 1. The van der Waals surface area contributed by atoms with Crippen molar-refractivity contribution in [3.05, 3.63) is 29.8 Å². The molecule has 71 heavy (non-hydrogen) atoms. The Morgan fingerprint density at radius 3 is 2.20 bits per heavy atom. The van der Waals surface area contributed by atoms with Gasteiger partial charge in [0.25, 0.3) is 0 Å². The maximum absolute atomic E-state index is 14.9. The first-order valence-corrected chi connectivity index (χ1v) is 24.1. The van der Waals surface area contributed by atoms with Crippen LogP contribution >= 0.6 is 0 Å². The molecule has 394 valence electrons. The van der Waals surface area contributed by atoms with E-state index < -0.39 is 138 Å². The molecule has 0 spiro atoms. The Labute approximate surface area is 413 Å². The van der Waals surface area contributed by atoms with Gasteiger partial charge in [-0.1, -0.05) is 66.0 Å². The average molecular weight is 1000 g/mol. The van der Waals surface area contributed by atoms with E-state index in [1.807, 2.05) is 6.92 Å². The predicted octanol–water partition coefficient (Wildman–Crippen LogP) is -0.842. The van der Waals surface area contributed by atoms with E-state index in [1.54, 1.807) is 39.8 Å². The molecule has 2 aliphatic rings. The van der Waals surface area contributed by atoms with E-state index in [1.165, 1.54) is 26.1 Å². The first-order chi connectivity index (χ1) is 33.4. The predicted molar refractivity (Wildman–Crippen MR) is 258 cm³/mol. The van der Waals surface area contributed by atoms with Gasteiger partial charge in [-0.2, -0.15) is 0 Å². The van der Waals surface area contributed by atoms with Crippen molar-refractivity contribution in [3.8, 4) is 0 Å². The second-order valence-electron chi connectivity index (χ2n) is 18.4. The smallest absolute Gasteiger partial charge is 0.329 e. The summed E-state index contributed by atoms with van der Waals surface area (Å²) >= 11 is 0. The number of carboxylic acid groups (broad SMARTS) is 1. The summed E-state index contributed by atoms with van der Waals surface area (Å²) in [6.07, 6.45) is -3.03. The number of cyclic esters (lactones) is 1. The molecule has 10 atom stereocenters. The number of nitrogens with zero attached hydrogens (tertiary/aromatic N) is 3. The van der Waals surface area contributed by atoms with Crippen LogP contribution in [-0.2, 0) is 47.9 Å². The summed E-state index contributed by atoms with van der Waals surface area (Å²) in [5, 5.41) is 33.7. The summed E-state index contributed by atoms with van der Waals surface area (Å²) in [5.74, 6) is -11.6. The molecule has 0 radical (unpaired) electrons. The minimum Gasteiger partial charge on any atom is -0.481 e. The highest BCUT2D eigenvalue weighted by atomic mass is 16.5. The van der Waals surface area contributed by atoms with Gasteiger partial charge in [-0.05, 0) is 63.0 Å². The van der Waals surface area contributed by atoms with E-state index in [0.29, 0.717) is 12.8 Å². The maximum Gasteiger partial charge on any atom is 0.329 e. The number of para-hydroxylation sites is 1. The number of Topliss-reactive ketones (excluding diaryl/α,β-unsaturated/α-hetero) is 1. The molecule has 2 saturated heterocycles. The SMILES string of the molecule is CCCCCC(=O)N[C@H](CC(=O)O)C(=O)N[C@@H]1C(=O)N[C@@H](CCCN=C(N)N)C(=O)N[C@H]2CC[C@@H](O)N(C2=O)[C@@H](C(C)CC)C(=O)N(C)[C@@H](CC(=O)c2ccccc2N)C(=O)N[C@@H](C(C)C)C(=O)O[C@@H]1C. The lowest BCUT2D eigenvalue weighted by Crippen LogP contribution is -2.66. The highest BCUT2D eigenvalue weighted by molar-refractivity contribution is 6.05. The van der Waals surface area contributed by atoms with Crippen molar-refractivity contribution in [2.24, 2.45) is 28.3 Å². The van der Waals surface area contributed by atoms with Crippen molar-refractivity contribution < 1.29 is 62.9 Å². The van der Waals surface area contributed by atoms with Gasteiger partial charge in [0, 0.05) is 37.7 Å². The normalized spacial score (nSPS) is 24.7. The van der Waals surface area contributed by atoms with Crippen LogP contribution in [0.5, 0.6) is 0 Å². The molecule has 24 nitrogen and oxygen atoms in total. The Hall–Kier alpha value is -6.85. The number of carbonyl (C=O) groups is 10. The summed E-state index contributed by atoms with van der Waals surface area (Å²) in [7, 11) is 1.24. The Morgan fingerprint density at radius 2 is 1.59 bits per heavy atom. The fourth-order valence-corrected chi connectivity index (χ4v) is 8.24. The van der Waals surface area contributed by atoms with Crippen LogP contribution in [0, 0.1) is 11.8 Å². The minimum atomic E-state index is -1.91. The zero-order valence-electron chi connectivity index (χ0n) is 41.6. The number of nitrogens with two attached hydrogens (primary N) is 3. The van der Waals surface area contributed by atoms with Crippen LogP contribution in [-0.4, -0.2) is 153 Å². The van der Waals surface area contributed by atoms with E-state index in [0.717, 1.165) is 16.2 Å². The molecule has 0 saturated carbocycles. The van der Waals surface area contributed by atoms with Crippen molar-refractivity contribution in [1.29, 1.82) is 0 Å². The van der Waals surface area contributed by atoms with Gasteiger partial charge < -0.3 is 68.5 Å². The zero-order valence-corrected chi connectivity index (χ0v) is 41.6. The van der Waals surface area contributed by atoms with Gasteiger partial charge in [-0.25, -0.2) is 4.79 Å². The molecule has 13 N–H and O–H groups in total. The molecule has 2 aliphatic heterocycles. The molecule has 0 aromatic heterocycles. The molecule has 2 fully saturated rings. The highest BCUT2D eigenvalue weighted by Crippen LogP contribution is 2.28. The average Bonchev–Trinajstić information content (AvgIpc) is 3.30. The van der Waals surface area contributed by atoms with E-state index >= 15 is 0 Å². The molecular formula is C47H73N11O13. The first-order valence-electron chi connectivity index (χ1n) is 24.1.